The molecule has 0 aliphatic rings. The highest BCUT2D eigenvalue weighted by Crippen LogP contribution is 2.14. The van der Waals surface area contributed by atoms with Crippen LogP contribution in [0.1, 0.15) is 24.2 Å². The summed E-state index contributed by atoms with van der Waals surface area (Å²) in [7, 11) is 0. The summed E-state index contributed by atoms with van der Waals surface area (Å²) in [4.78, 5) is 4.58. The minimum Gasteiger partial charge on any atom is -0.469 e. The molecule has 124 valence electrons. The van der Waals surface area contributed by atoms with Gasteiger partial charge < -0.3 is 20.2 Å². The van der Waals surface area contributed by atoms with Gasteiger partial charge in [0.05, 0.1) is 19.4 Å². The van der Waals surface area contributed by atoms with Gasteiger partial charge in [-0.15, -0.1) is 0 Å². The third kappa shape index (κ3) is 5.79. The standard InChI is InChI=1S/C18H25N3O2/c1-2-19-18(20-11-10-17-9-6-12-23-17)21-13-16(14-22)15-7-4-3-5-8-15/h3-9,12,16,22H,2,10-11,13-14H2,1H3,(H2,19,20,21). The topological polar surface area (TPSA) is 69.8 Å². The first-order valence-corrected chi connectivity index (χ1v) is 8.03. The van der Waals surface area contributed by atoms with Crippen molar-refractivity contribution in [1.82, 2.24) is 10.6 Å². The molecule has 0 saturated heterocycles. The molecule has 5 heteroatoms. The van der Waals surface area contributed by atoms with Crippen molar-refractivity contribution >= 4 is 5.96 Å². The molecular formula is C18H25N3O2. The number of aliphatic imine (C=N–C) groups is 1. The number of hydrogen-bond acceptors (Lipinski definition) is 3. The molecule has 0 spiro atoms. The lowest BCUT2D eigenvalue weighted by Gasteiger charge is -2.15. The zero-order chi connectivity index (χ0) is 16.3. The van der Waals surface area contributed by atoms with Crippen molar-refractivity contribution in [2.45, 2.75) is 19.3 Å². The first-order chi connectivity index (χ1) is 11.3. The number of rotatable bonds is 8. The summed E-state index contributed by atoms with van der Waals surface area (Å²) in [6.45, 7) is 4.19. The molecule has 1 aromatic carbocycles. The Labute approximate surface area is 137 Å². The van der Waals surface area contributed by atoms with E-state index in [4.69, 9.17) is 4.42 Å². The van der Waals surface area contributed by atoms with Crippen LogP contribution < -0.4 is 10.6 Å². The smallest absolute Gasteiger partial charge is 0.191 e. The van der Waals surface area contributed by atoms with Crippen molar-refractivity contribution in [3.8, 4) is 0 Å². The second kappa shape index (κ2) is 9.69. The molecular weight excluding hydrogens is 290 g/mol. The normalized spacial score (nSPS) is 12.9. The molecule has 1 atom stereocenters. The van der Waals surface area contributed by atoms with E-state index in [0.717, 1.165) is 36.8 Å². The molecule has 5 nitrogen and oxygen atoms in total. The highest BCUT2D eigenvalue weighted by molar-refractivity contribution is 5.79. The van der Waals surface area contributed by atoms with Gasteiger partial charge in [0.1, 0.15) is 5.76 Å². The first kappa shape index (κ1) is 17.1. The second-order valence-electron chi connectivity index (χ2n) is 5.27. The van der Waals surface area contributed by atoms with E-state index in [1.165, 1.54) is 0 Å². The number of hydrogen-bond donors (Lipinski definition) is 3. The van der Waals surface area contributed by atoms with E-state index in [9.17, 15) is 5.11 Å². The van der Waals surface area contributed by atoms with Gasteiger partial charge in [0, 0.05) is 25.4 Å². The molecule has 0 saturated carbocycles. The number of furan rings is 1. The SMILES string of the molecule is CCNC(=NCC(CO)c1ccccc1)NCCc1ccco1. The lowest BCUT2D eigenvalue weighted by Crippen LogP contribution is -2.38. The maximum Gasteiger partial charge on any atom is 0.191 e. The summed E-state index contributed by atoms with van der Waals surface area (Å²) in [5.74, 6) is 1.72. The van der Waals surface area contributed by atoms with Gasteiger partial charge in [0.25, 0.3) is 0 Å². The number of aliphatic hydroxyl groups is 1. The summed E-state index contributed by atoms with van der Waals surface area (Å²) in [6, 6.07) is 13.8. The number of benzene rings is 1. The third-order valence-electron chi connectivity index (χ3n) is 3.55. The van der Waals surface area contributed by atoms with Crippen LogP contribution in [0.15, 0.2) is 58.1 Å². The first-order valence-electron chi connectivity index (χ1n) is 8.03. The Morgan fingerprint density at radius 1 is 1.17 bits per heavy atom. The largest absolute Gasteiger partial charge is 0.469 e. The Hall–Kier alpha value is -2.27. The van der Waals surface area contributed by atoms with Gasteiger partial charge in [-0.05, 0) is 24.6 Å². The molecule has 2 aromatic rings. The van der Waals surface area contributed by atoms with Crippen LogP contribution in [-0.2, 0) is 6.42 Å². The van der Waals surface area contributed by atoms with Crippen LogP contribution in [0.3, 0.4) is 0 Å². The van der Waals surface area contributed by atoms with Crippen molar-refractivity contribution in [2.24, 2.45) is 4.99 Å². The van der Waals surface area contributed by atoms with Crippen LogP contribution in [0.2, 0.25) is 0 Å². The fraction of sp³-hybridized carbons (Fsp3) is 0.389. The van der Waals surface area contributed by atoms with E-state index in [1.54, 1.807) is 6.26 Å². The highest BCUT2D eigenvalue weighted by atomic mass is 16.3. The predicted molar refractivity (Wildman–Crippen MR) is 92.7 cm³/mol. The van der Waals surface area contributed by atoms with Gasteiger partial charge in [0.2, 0.25) is 0 Å². The quantitative estimate of drug-likeness (QED) is 0.516. The van der Waals surface area contributed by atoms with E-state index in [0.29, 0.717) is 6.54 Å². The van der Waals surface area contributed by atoms with Gasteiger partial charge in [-0.3, -0.25) is 4.99 Å². The maximum atomic E-state index is 9.60. The zero-order valence-electron chi connectivity index (χ0n) is 13.5. The van der Waals surface area contributed by atoms with Gasteiger partial charge in [0.15, 0.2) is 5.96 Å². The fourth-order valence-corrected chi connectivity index (χ4v) is 2.30. The Morgan fingerprint density at radius 3 is 2.65 bits per heavy atom. The van der Waals surface area contributed by atoms with Crippen molar-refractivity contribution in [2.75, 3.05) is 26.2 Å². The highest BCUT2D eigenvalue weighted by Gasteiger charge is 2.10. The average Bonchev–Trinajstić information content (AvgIpc) is 3.10. The lowest BCUT2D eigenvalue weighted by atomic mass is 10.0. The van der Waals surface area contributed by atoms with E-state index < -0.39 is 0 Å². The minimum absolute atomic E-state index is 0.0109. The Kier molecular flexibility index (Phi) is 7.20. The summed E-state index contributed by atoms with van der Waals surface area (Å²) in [6.07, 6.45) is 2.49. The van der Waals surface area contributed by atoms with E-state index in [2.05, 4.69) is 15.6 Å². The molecule has 3 N–H and O–H groups in total. The predicted octanol–water partition coefficient (Wildman–Crippen LogP) is 2.15. The Morgan fingerprint density at radius 2 is 2.00 bits per heavy atom. The monoisotopic (exact) mass is 315 g/mol. The molecule has 23 heavy (non-hydrogen) atoms. The van der Waals surface area contributed by atoms with Crippen LogP contribution in [0.4, 0.5) is 0 Å². The maximum absolute atomic E-state index is 9.60. The van der Waals surface area contributed by atoms with E-state index in [-0.39, 0.29) is 12.5 Å². The van der Waals surface area contributed by atoms with Gasteiger partial charge in [-0.25, -0.2) is 0 Å². The fourth-order valence-electron chi connectivity index (χ4n) is 2.30. The van der Waals surface area contributed by atoms with Crippen molar-refractivity contribution < 1.29 is 9.52 Å². The molecule has 2 rings (SSSR count). The molecule has 1 unspecified atom stereocenters. The molecule has 0 aliphatic carbocycles. The zero-order valence-corrected chi connectivity index (χ0v) is 13.5. The van der Waals surface area contributed by atoms with Crippen LogP contribution in [0.5, 0.6) is 0 Å². The molecule has 1 heterocycles. The van der Waals surface area contributed by atoms with Crippen LogP contribution in [0, 0.1) is 0 Å². The molecule has 0 bridgehead atoms. The van der Waals surface area contributed by atoms with Crippen LogP contribution >= 0.6 is 0 Å². The summed E-state index contributed by atoms with van der Waals surface area (Å²) in [5.41, 5.74) is 1.10. The van der Waals surface area contributed by atoms with Gasteiger partial charge >= 0.3 is 0 Å². The Bertz CT molecular complexity index is 567. The minimum atomic E-state index is 0.0109. The average molecular weight is 315 g/mol. The van der Waals surface area contributed by atoms with Crippen molar-refractivity contribution in [1.29, 1.82) is 0 Å². The van der Waals surface area contributed by atoms with Gasteiger partial charge in [-0.2, -0.15) is 0 Å². The summed E-state index contributed by atoms with van der Waals surface area (Å²) in [5, 5.41) is 16.1. The number of nitrogens with zero attached hydrogens (tertiary/aromatic N) is 1. The van der Waals surface area contributed by atoms with Crippen LogP contribution in [-0.4, -0.2) is 37.3 Å². The number of nitrogens with one attached hydrogen (secondary N) is 2. The number of aliphatic hydroxyl groups excluding tert-OH is 1. The number of guanidine groups is 1. The summed E-state index contributed by atoms with van der Waals surface area (Å²) >= 11 is 0. The molecule has 0 aliphatic heterocycles. The lowest BCUT2D eigenvalue weighted by molar-refractivity contribution is 0.268. The second-order valence-corrected chi connectivity index (χ2v) is 5.27. The van der Waals surface area contributed by atoms with Crippen LogP contribution in [0.25, 0.3) is 0 Å². The van der Waals surface area contributed by atoms with E-state index in [1.807, 2.05) is 49.4 Å². The van der Waals surface area contributed by atoms with Crippen molar-refractivity contribution in [3.63, 3.8) is 0 Å². The van der Waals surface area contributed by atoms with Gasteiger partial charge in [-0.1, -0.05) is 30.3 Å². The summed E-state index contributed by atoms with van der Waals surface area (Å²) < 4.78 is 5.32. The Balaban J connectivity index is 1.88. The molecule has 0 amide bonds. The molecule has 0 fully saturated rings. The molecule has 0 radical (unpaired) electrons. The third-order valence-corrected chi connectivity index (χ3v) is 3.55. The van der Waals surface area contributed by atoms with Crippen molar-refractivity contribution in [3.05, 3.63) is 60.1 Å². The molecule has 1 aromatic heterocycles. The van der Waals surface area contributed by atoms with E-state index >= 15 is 0 Å².